The van der Waals surface area contributed by atoms with Gasteiger partial charge in [-0.15, -0.1) is 24.0 Å². The van der Waals surface area contributed by atoms with Crippen LogP contribution in [0.2, 0.25) is 0 Å². The summed E-state index contributed by atoms with van der Waals surface area (Å²) >= 11 is 0. The van der Waals surface area contributed by atoms with E-state index in [1.165, 1.54) is 24.0 Å². The molecule has 1 aromatic rings. The van der Waals surface area contributed by atoms with Crippen LogP contribution in [0.5, 0.6) is 0 Å². The summed E-state index contributed by atoms with van der Waals surface area (Å²) in [5.41, 5.74) is 9.74. The quantitative estimate of drug-likeness (QED) is 0.369. The fourth-order valence-electron chi connectivity index (χ4n) is 2.71. The predicted octanol–water partition coefficient (Wildman–Crippen LogP) is 2.83. The zero-order valence-electron chi connectivity index (χ0n) is 13.7. The number of nitrogens with two attached hydrogens (primary N) is 1. The largest absolute Gasteiger partial charge is 0.370 e. The summed E-state index contributed by atoms with van der Waals surface area (Å²) in [4.78, 5) is 15.7. The van der Waals surface area contributed by atoms with E-state index in [0.29, 0.717) is 25.5 Å². The molecule has 0 fully saturated rings. The maximum absolute atomic E-state index is 11.5. The molecule has 0 atom stereocenters. The van der Waals surface area contributed by atoms with Crippen molar-refractivity contribution in [3.63, 3.8) is 0 Å². The first-order chi connectivity index (χ1) is 10.7. The van der Waals surface area contributed by atoms with Gasteiger partial charge in [0.2, 0.25) is 5.91 Å². The van der Waals surface area contributed by atoms with Gasteiger partial charge in [0.25, 0.3) is 0 Å². The number of fused-ring (bicyclic) bond motifs is 1. The van der Waals surface area contributed by atoms with Crippen LogP contribution in [0.3, 0.4) is 0 Å². The molecule has 0 saturated heterocycles. The van der Waals surface area contributed by atoms with Gasteiger partial charge in [0.1, 0.15) is 0 Å². The molecule has 23 heavy (non-hydrogen) atoms. The number of aryl methyl sites for hydroxylation is 1. The van der Waals surface area contributed by atoms with Crippen molar-refractivity contribution in [2.24, 2.45) is 10.7 Å². The van der Waals surface area contributed by atoms with Crippen molar-refractivity contribution >= 4 is 41.5 Å². The fourth-order valence-corrected chi connectivity index (χ4v) is 2.71. The highest BCUT2D eigenvalue weighted by atomic mass is 127. The highest BCUT2D eigenvalue weighted by Crippen LogP contribution is 2.27. The average Bonchev–Trinajstić information content (AvgIpc) is 2.53. The Kier molecular flexibility index (Phi) is 8.98. The molecular weight excluding hydrogens is 403 g/mol. The second-order valence-corrected chi connectivity index (χ2v) is 5.64. The van der Waals surface area contributed by atoms with E-state index < -0.39 is 0 Å². The molecule has 6 heteroatoms. The van der Waals surface area contributed by atoms with E-state index in [9.17, 15) is 4.79 Å². The van der Waals surface area contributed by atoms with E-state index in [-0.39, 0.29) is 29.9 Å². The van der Waals surface area contributed by atoms with Crippen molar-refractivity contribution in [1.29, 1.82) is 0 Å². The number of hydrogen-bond donors (Lipinski definition) is 3. The molecule has 0 heterocycles. The standard InChI is InChI=1S/C17H26N4O.HI/c1-2-11-19-16(22)10-12-20-17(18)21-15-9-5-7-13-6-3-4-8-14(13)15;/h5,7,9H,2-4,6,8,10-12H2,1H3,(H,19,22)(H3,18,20,21);1H. The van der Waals surface area contributed by atoms with Gasteiger partial charge >= 0.3 is 0 Å². The average molecular weight is 430 g/mol. The number of amides is 1. The number of carbonyl (C=O) groups is 1. The normalized spacial score (nSPS) is 13.7. The van der Waals surface area contributed by atoms with Crippen molar-refractivity contribution in [1.82, 2.24) is 5.32 Å². The van der Waals surface area contributed by atoms with Gasteiger partial charge in [-0.25, -0.2) is 0 Å². The molecule has 0 bridgehead atoms. The summed E-state index contributed by atoms with van der Waals surface area (Å²) in [7, 11) is 0. The number of carbonyl (C=O) groups excluding carboxylic acids is 1. The zero-order valence-corrected chi connectivity index (χ0v) is 16.1. The summed E-state index contributed by atoms with van der Waals surface area (Å²) < 4.78 is 0. The first-order valence-corrected chi connectivity index (χ1v) is 8.15. The summed E-state index contributed by atoms with van der Waals surface area (Å²) in [6.07, 6.45) is 6.02. The van der Waals surface area contributed by atoms with Gasteiger partial charge < -0.3 is 16.4 Å². The molecule has 1 aliphatic rings. The van der Waals surface area contributed by atoms with E-state index in [4.69, 9.17) is 5.73 Å². The topological polar surface area (TPSA) is 79.5 Å². The second-order valence-electron chi connectivity index (χ2n) is 5.64. The summed E-state index contributed by atoms with van der Waals surface area (Å²) in [6.45, 7) is 3.15. The Bertz CT molecular complexity index is 545. The van der Waals surface area contributed by atoms with Gasteiger partial charge in [0.15, 0.2) is 5.96 Å². The van der Waals surface area contributed by atoms with Crippen LogP contribution in [0.25, 0.3) is 0 Å². The first-order valence-electron chi connectivity index (χ1n) is 8.15. The van der Waals surface area contributed by atoms with E-state index in [1.54, 1.807) is 0 Å². The first kappa shape index (κ1) is 19.7. The minimum absolute atomic E-state index is 0. The summed E-state index contributed by atoms with van der Waals surface area (Å²) in [5.74, 6) is 0.401. The molecule has 128 valence electrons. The van der Waals surface area contributed by atoms with Crippen molar-refractivity contribution in [2.45, 2.75) is 45.4 Å². The third kappa shape index (κ3) is 6.37. The predicted molar refractivity (Wildman–Crippen MR) is 107 cm³/mol. The maximum Gasteiger partial charge on any atom is 0.221 e. The lowest BCUT2D eigenvalue weighted by Gasteiger charge is -2.19. The number of aliphatic imine (C=N–C) groups is 1. The lowest BCUT2D eigenvalue weighted by atomic mass is 9.90. The zero-order chi connectivity index (χ0) is 15.8. The van der Waals surface area contributed by atoms with Crippen LogP contribution in [-0.2, 0) is 17.6 Å². The van der Waals surface area contributed by atoms with Crippen molar-refractivity contribution in [3.8, 4) is 0 Å². The van der Waals surface area contributed by atoms with Gasteiger partial charge in [-0.05, 0) is 49.3 Å². The van der Waals surface area contributed by atoms with Gasteiger partial charge in [0, 0.05) is 18.7 Å². The Morgan fingerprint density at radius 3 is 2.87 bits per heavy atom. The highest BCUT2D eigenvalue weighted by molar-refractivity contribution is 14.0. The molecule has 0 saturated carbocycles. The number of nitrogens with one attached hydrogen (secondary N) is 2. The SMILES string of the molecule is CCCNC(=O)CCN=C(N)Nc1cccc2c1CCCC2.I. The molecule has 4 N–H and O–H groups in total. The molecule has 1 amide bonds. The van der Waals surface area contributed by atoms with Crippen LogP contribution in [0, 0.1) is 0 Å². The second kappa shape index (κ2) is 10.5. The molecule has 2 rings (SSSR count). The molecule has 0 radical (unpaired) electrons. The maximum atomic E-state index is 11.5. The number of guanidine groups is 1. The molecule has 5 nitrogen and oxygen atoms in total. The molecule has 1 aliphatic carbocycles. The van der Waals surface area contributed by atoms with Gasteiger partial charge in [-0.3, -0.25) is 9.79 Å². The van der Waals surface area contributed by atoms with E-state index in [2.05, 4.69) is 27.8 Å². The lowest BCUT2D eigenvalue weighted by Crippen LogP contribution is -2.26. The van der Waals surface area contributed by atoms with Crippen molar-refractivity contribution < 1.29 is 4.79 Å². The number of nitrogens with zero attached hydrogens (tertiary/aromatic N) is 1. The number of benzene rings is 1. The number of anilines is 1. The van der Waals surface area contributed by atoms with Crippen LogP contribution in [0.15, 0.2) is 23.2 Å². The van der Waals surface area contributed by atoms with Gasteiger partial charge in [-0.1, -0.05) is 19.1 Å². The Hall–Kier alpha value is -1.31. The van der Waals surface area contributed by atoms with Crippen LogP contribution in [0.4, 0.5) is 5.69 Å². The number of rotatable bonds is 6. The summed E-state index contributed by atoms with van der Waals surface area (Å²) in [6, 6.07) is 6.28. The van der Waals surface area contributed by atoms with Crippen molar-refractivity contribution in [2.75, 3.05) is 18.4 Å². The van der Waals surface area contributed by atoms with E-state index in [0.717, 1.165) is 24.9 Å². The minimum atomic E-state index is 0. The Morgan fingerprint density at radius 1 is 1.30 bits per heavy atom. The van der Waals surface area contributed by atoms with Crippen LogP contribution in [-0.4, -0.2) is 25.0 Å². The number of halogens is 1. The summed E-state index contributed by atoms with van der Waals surface area (Å²) in [5, 5.41) is 6.01. The van der Waals surface area contributed by atoms with Crippen LogP contribution >= 0.6 is 24.0 Å². The number of hydrogen-bond acceptors (Lipinski definition) is 2. The molecule has 0 unspecified atom stereocenters. The monoisotopic (exact) mass is 430 g/mol. The van der Waals surface area contributed by atoms with Gasteiger partial charge in [-0.2, -0.15) is 0 Å². The van der Waals surface area contributed by atoms with Gasteiger partial charge in [0.05, 0.1) is 6.54 Å². The third-order valence-corrected chi connectivity index (χ3v) is 3.85. The Labute approximate surface area is 155 Å². The Morgan fingerprint density at radius 2 is 2.09 bits per heavy atom. The fraction of sp³-hybridized carbons (Fsp3) is 0.529. The smallest absolute Gasteiger partial charge is 0.221 e. The third-order valence-electron chi connectivity index (χ3n) is 3.85. The van der Waals surface area contributed by atoms with Crippen LogP contribution in [0.1, 0.15) is 43.7 Å². The van der Waals surface area contributed by atoms with Crippen LogP contribution < -0.4 is 16.4 Å². The van der Waals surface area contributed by atoms with E-state index in [1.807, 2.05) is 13.0 Å². The molecular formula is C17H27IN4O. The molecule has 0 aliphatic heterocycles. The Balaban J connectivity index is 0.00000264. The minimum Gasteiger partial charge on any atom is -0.370 e. The molecule has 0 spiro atoms. The molecule has 0 aromatic heterocycles. The lowest BCUT2D eigenvalue weighted by molar-refractivity contribution is -0.120. The van der Waals surface area contributed by atoms with Crippen molar-refractivity contribution in [3.05, 3.63) is 29.3 Å². The molecule has 1 aromatic carbocycles. The highest BCUT2D eigenvalue weighted by Gasteiger charge is 2.13. The van der Waals surface area contributed by atoms with E-state index >= 15 is 0 Å².